The predicted molar refractivity (Wildman–Crippen MR) is 115 cm³/mol. The fourth-order valence-corrected chi connectivity index (χ4v) is 3.94. The van der Waals surface area contributed by atoms with Gasteiger partial charge in [-0.15, -0.1) is 11.3 Å². The Morgan fingerprint density at radius 2 is 2.16 bits per heavy atom. The Balaban J connectivity index is 1.58. The lowest BCUT2D eigenvalue weighted by atomic mass is 10.2. The lowest BCUT2D eigenvalue weighted by molar-refractivity contribution is -0.385. The largest absolute Gasteiger partial charge is 0.465 e. The predicted octanol–water partition coefficient (Wildman–Crippen LogP) is 4.61. The highest BCUT2D eigenvalue weighted by Crippen LogP contribution is 2.39. The zero-order valence-electron chi connectivity index (χ0n) is 16.6. The van der Waals surface area contributed by atoms with Crippen molar-refractivity contribution in [3.8, 4) is 21.9 Å². The number of nitro groups is 1. The van der Waals surface area contributed by atoms with Crippen LogP contribution in [0.4, 0.5) is 14.9 Å². The van der Waals surface area contributed by atoms with Crippen molar-refractivity contribution in [2.45, 2.75) is 6.54 Å². The smallest absolute Gasteiger partial charge is 0.407 e. The number of carboxylic acid groups (broad SMARTS) is 1. The molecule has 0 fully saturated rings. The molecule has 0 aliphatic heterocycles. The highest BCUT2D eigenvalue weighted by molar-refractivity contribution is 7.22. The second-order valence-electron chi connectivity index (χ2n) is 6.80. The van der Waals surface area contributed by atoms with Crippen LogP contribution in [0, 0.1) is 15.9 Å². The Labute approximate surface area is 184 Å². The summed E-state index contributed by atoms with van der Waals surface area (Å²) >= 11 is 1.38. The maximum Gasteiger partial charge on any atom is 0.407 e. The number of carbonyl (C=O) groups is 1. The number of nitro benzene ring substituents is 1. The molecule has 0 bridgehead atoms. The first-order chi connectivity index (χ1) is 15.3. The van der Waals surface area contributed by atoms with Crippen LogP contribution < -0.4 is 4.74 Å². The van der Waals surface area contributed by atoms with Gasteiger partial charge in [0.15, 0.2) is 11.6 Å². The summed E-state index contributed by atoms with van der Waals surface area (Å²) in [6.07, 6.45) is 3.99. The van der Waals surface area contributed by atoms with Crippen LogP contribution in [0.2, 0.25) is 0 Å². The number of hydrogen-bond donors (Lipinski definition) is 1. The second-order valence-corrected chi connectivity index (χ2v) is 7.86. The molecule has 3 aromatic heterocycles. The first kappa shape index (κ1) is 21.2. The van der Waals surface area contributed by atoms with E-state index in [0.29, 0.717) is 29.1 Å². The number of ether oxygens (including phenoxy) is 1. The quantitative estimate of drug-likeness (QED) is 0.317. The highest BCUT2D eigenvalue weighted by atomic mass is 32.1. The van der Waals surface area contributed by atoms with Crippen LogP contribution in [0.1, 0.15) is 0 Å². The van der Waals surface area contributed by atoms with Gasteiger partial charge >= 0.3 is 6.09 Å². The summed E-state index contributed by atoms with van der Waals surface area (Å²) in [6.45, 7) is 0.697. The van der Waals surface area contributed by atoms with E-state index in [1.165, 1.54) is 41.6 Å². The van der Waals surface area contributed by atoms with Gasteiger partial charge in [-0.05, 0) is 12.1 Å². The molecule has 0 spiro atoms. The van der Waals surface area contributed by atoms with Crippen molar-refractivity contribution in [3.63, 3.8) is 0 Å². The number of fused-ring (bicyclic) bond motifs is 1. The number of nitrogens with zero attached hydrogens (tertiary/aromatic N) is 5. The summed E-state index contributed by atoms with van der Waals surface area (Å²) < 4.78 is 22.3. The molecular weight excluding hydrogens is 441 g/mol. The average Bonchev–Trinajstić information content (AvgIpc) is 3.40. The van der Waals surface area contributed by atoms with Crippen molar-refractivity contribution >= 4 is 33.3 Å². The second kappa shape index (κ2) is 8.59. The topological polar surface area (TPSA) is 124 Å². The number of rotatable bonds is 7. The lowest BCUT2D eigenvalue weighted by Gasteiger charge is -2.12. The Kier molecular flexibility index (Phi) is 5.69. The van der Waals surface area contributed by atoms with E-state index >= 15 is 0 Å². The third-order valence-corrected chi connectivity index (χ3v) is 5.82. The van der Waals surface area contributed by atoms with Crippen molar-refractivity contribution in [1.29, 1.82) is 0 Å². The highest BCUT2D eigenvalue weighted by Gasteiger charge is 2.16. The van der Waals surface area contributed by atoms with Gasteiger partial charge in [-0.25, -0.2) is 9.18 Å². The van der Waals surface area contributed by atoms with E-state index in [9.17, 15) is 19.3 Å². The first-order valence-electron chi connectivity index (χ1n) is 9.29. The minimum absolute atomic E-state index is 0.131. The average molecular weight is 457 g/mol. The van der Waals surface area contributed by atoms with Gasteiger partial charge in [0.1, 0.15) is 5.75 Å². The van der Waals surface area contributed by atoms with E-state index in [-0.39, 0.29) is 11.4 Å². The van der Waals surface area contributed by atoms with Gasteiger partial charge in [-0.1, -0.05) is 0 Å². The van der Waals surface area contributed by atoms with E-state index in [1.807, 2.05) is 6.07 Å². The molecule has 0 aliphatic carbocycles. The molecule has 0 saturated heterocycles. The van der Waals surface area contributed by atoms with Crippen LogP contribution in [0.3, 0.4) is 0 Å². The van der Waals surface area contributed by atoms with Crippen molar-refractivity contribution in [2.75, 3.05) is 13.6 Å². The number of aromatic nitrogens is 3. The van der Waals surface area contributed by atoms with E-state index in [0.717, 1.165) is 16.5 Å². The van der Waals surface area contributed by atoms with Crippen LogP contribution in [0.5, 0.6) is 11.5 Å². The molecule has 0 aliphatic rings. The van der Waals surface area contributed by atoms with Crippen molar-refractivity contribution in [2.24, 2.45) is 0 Å². The summed E-state index contributed by atoms with van der Waals surface area (Å²) in [6, 6.07) is 6.64. The fourth-order valence-electron chi connectivity index (χ4n) is 2.90. The third kappa shape index (κ3) is 4.34. The van der Waals surface area contributed by atoms with Gasteiger partial charge in [-0.3, -0.25) is 19.8 Å². The Morgan fingerprint density at radius 1 is 1.34 bits per heavy atom. The molecule has 4 aromatic rings. The van der Waals surface area contributed by atoms with E-state index in [1.54, 1.807) is 23.1 Å². The van der Waals surface area contributed by atoms with Crippen molar-refractivity contribution in [3.05, 3.63) is 64.9 Å². The first-order valence-corrected chi connectivity index (χ1v) is 10.1. The third-order valence-electron chi connectivity index (χ3n) is 4.63. The van der Waals surface area contributed by atoms with Gasteiger partial charge < -0.3 is 14.7 Å². The van der Waals surface area contributed by atoms with Gasteiger partial charge in [0, 0.05) is 48.6 Å². The molecule has 1 aromatic carbocycles. The molecule has 0 atom stereocenters. The van der Waals surface area contributed by atoms with Crippen LogP contribution >= 0.6 is 11.3 Å². The summed E-state index contributed by atoms with van der Waals surface area (Å²) in [5.41, 5.74) is 1.10. The summed E-state index contributed by atoms with van der Waals surface area (Å²) in [5, 5.41) is 24.0. The number of hydrogen-bond acceptors (Lipinski definition) is 7. The Morgan fingerprint density at radius 3 is 2.88 bits per heavy atom. The number of non-ortho nitro benzene ring substituents is 1. The molecule has 0 unspecified atom stereocenters. The minimum atomic E-state index is -1.01. The summed E-state index contributed by atoms with van der Waals surface area (Å²) in [5.74, 6) is -0.601. The van der Waals surface area contributed by atoms with E-state index < -0.39 is 16.8 Å². The van der Waals surface area contributed by atoms with Crippen LogP contribution in [0.15, 0.2) is 48.9 Å². The number of thiophene rings is 1. The monoisotopic (exact) mass is 457 g/mol. The summed E-state index contributed by atoms with van der Waals surface area (Å²) in [7, 11) is 1.49. The molecule has 32 heavy (non-hydrogen) atoms. The molecular formula is C20H16FN5O5S. The van der Waals surface area contributed by atoms with Gasteiger partial charge in [0.2, 0.25) is 0 Å². The lowest BCUT2D eigenvalue weighted by Crippen LogP contribution is -2.28. The molecule has 0 saturated carbocycles. The normalized spacial score (nSPS) is 10.9. The van der Waals surface area contributed by atoms with Crippen molar-refractivity contribution in [1.82, 2.24) is 19.7 Å². The van der Waals surface area contributed by atoms with Gasteiger partial charge in [0.25, 0.3) is 5.69 Å². The van der Waals surface area contributed by atoms with E-state index in [2.05, 4.69) is 10.1 Å². The molecule has 4 rings (SSSR count). The van der Waals surface area contributed by atoms with Gasteiger partial charge in [0.05, 0.1) is 33.9 Å². The van der Waals surface area contributed by atoms with Crippen LogP contribution in [0.25, 0.3) is 20.7 Å². The fraction of sp³-hybridized carbons (Fsp3) is 0.150. The molecule has 3 heterocycles. The molecule has 1 N–H and O–H groups in total. The van der Waals surface area contributed by atoms with Crippen molar-refractivity contribution < 1.29 is 24.0 Å². The Hall–Kier alpha value is -4.06. The van der Waals surface area contributed by atoms with Crippen LogP contribution in [-0.4, -0.2) is 49.4 Å². The number of pyridine rings is 1. The van der Waals surface area contributed by atoms with Gasteiger partial charge in [-0.2, -0.15) is 5.10 Å². The van der Waals surface area contributed by atoms with E-state index in [4.69, 9.17) is 9.84 Å². The SMILES string of the molecule is CN(CCn1cc(-c2cc3nccc(Oc4ccc([N+](=O)[O-])cc4F)c3s2)cn1)C(=O)O. The number of halogens is 1. The molecule has 164 valence electrons. The minimum Gasteiger partial charge on any atom is -0.465 e. The zero-order valence-corrected chi connectivity index (χ0v) is 17.5. The standard InChI is InChI=1S/C20H16FN5O5S/c1-24(20(27)28)6-7-25-11-12(10-23-25)18-9-15-19(32-18)17(4-5-22-15)31-16-3-2-13(26(29)30)8-14(16)21/h2-5,8-11H,6-7H2,1H3,(H,27,28). The van der Waals surface area contributed by atoms with Crippen LogP contribution in [-0.2, 0) is 6.54 Å². The number of likely N-dealkylation sites (N-methyl/N-ethyl adjacent to an activating group) is 1. The maximum atomic E-state index is 14.3. The maximum absolute atomic E-state index is 14.3. The molecule has 10 nitrogen and oxygen atoms in total. The molecule has 1 amide bonds. The summed E-state index contributed by atoms with van der Waals surface area (Å²) in [4.78, 5) is 27.4. The molecule has 12 heteroatoms. The zero-order chi connectivity index (χ0) is 22.8. The number of benzene rings is 1. The molecule has 0 radical (unpaired) electrons. The number of amides is 1. The Bertz CT molecular complexity index is 1320.